The van der Waals surface area contributed by atoms with Gasteiger partial charge in [-0.15, -0.1) is 0 Å². The van der Waals surface area contributed by atoms with Crippen LogP contribution in [0.1, 0.15) is 29.8 Å². The van der Waals surface area contributed by atoms with Gasteiger partial charge in [0.25, 0.3) is 11.6 Å². The molecule has 0 spiro atoms. The van der Waals surface area contributed by atoms with Crippen LogP contribution in [0.4, 0.5) is 11.4 Å². The molecule has 2 rings (SSSR count). The molecule has 0 radical (unpaired) electrons. The van der Waals surface area contributed by atoms with Gasteiger partial charge in [-0.1, -0.05) is 26.0 Å². The average molecular weight is 449 g/mol. The van der Waals surface area contributed by atoms with Gasteiger partial charge < -0.3 is 10.6 Å². The molecule has 11 heteroatoms. The Hall–Kier alpha value is -3.31. The molecule has 2 aromatic rings. The second-order valence-corrected chi connectivity index (χ2v) is 8.54. The number of carbonyl (C=O) groups excluding carboxylic acids is 2. The molecule has 0 aliphatic carbocycles. The minimum Gasteiger partial charge on any atom is -0.343 e. The fourth-order valence-electron chi connectivity index (χ4n) is 2.86. The topological polar surface area (TPSA) is 139 Å². The lowest BCUT2D eigenvalue weighted by Gasteiger charge is -2.18. The van der Waals surface area contributed by atoms with Crippen molar-refractivity contribution in [2.45, 2.75) is 25.7 Å². The zero-order valence-electron chi connectivity index (χ0n) is 17.4. The van der Waals surface area contributed by atoms with Gasteiger partial charge in [0.2, 0.25) is 15.9 Å². The van der Waals surface area contributed by atoms with Gasteiger partial charge in [0, 0.05) is 36.0 Å². The summed E-state index contributed by atoms with van der Waals surface area (Å²) in [5.74, 6) is -1.21. The van der Waals surface area contributed by atoms with E-state index < -0.39 is 33.3 Å². The van der Waals surface area contributed by atoms with E-state index in [9.17, 15) is 28.1 Å². The highest BCUT2D eigenvalue weighted by Crippen LogP contribution is 2.22. The number of anilines is 1. The Kier molecular flexibility index (Phi) is 7.83. The van der Waals surface area contributed by atoms with Crippen LogP contribution in [-0.2, 0) is 14.8 Å². The molecule has 0 atom stereocenters. The van der Waals surface area contributed by atoms with E-state index in [0.717, 1.165) is 0 Å². The number of sulfonamides is 1. The summed E-state index contributed by atoms with van der Waals surface area (Å²) < 4.78 is 26.5. The summed E-state index contributed by atoms with van der Waals surface area (Å²) >= 11 is 0. The maximum Gasteiger partial charge on any atom is 0.274 e. The first-order valence-corrected chi connectivity index (χ1v) is 11.0. The van der Waals surface area contributed by atoms with E-state index in [2.05, 4.69) is 10.6 Å². The molecule has 2 N–H and O–H groups in total. The highest BCUT2D eigenvalue weighted by molar-refractivity contribution is 7.89. The van der Waals surface area contributed by atoms with Crippen molar-refractivity contribution in [2.24, 2.45) is 0 Å². The Balaban J connectivity index is 2.06. The lowest BCUT2D eigenvalue weighted by atomic mass is 10.2. The summed E-state index contributed by atoms with van der Waals surface area (Å²) in [6, 6.07) is 9.81. The molecule has 0 fully saturated rings. The van der Waals surface area contributed by atoms with Gasteiger partial charge >= 0.3 is 0 Å². The van der Waals surface area contributed by atoms with Crippen LogP contribution in [-0.4, -0.2) is 49.1 Å². The van der Waals surface area contributed by atoms with Crippen molar-refractivity contribution in [3.05, 3.63) is 63.7 Å². The summed E-state index contributed by atoms with van der Waals surface area (Å²) in [6.07, 6.45) is 0. The van der Waals surface area contributed by atoms with Crippen molar-refractivity contribution < 1.29 is 22.9 Å². The molecule has 0 aliphatic heterocycles. The molecule has 0 bridgehead atoms. The number of hydrogen-bond acceptors (Lipinski definition) is 6. The van der Waals surface area contributed by atoms with Gasteiger partial charge in [0.1, 0.15) is 0 Å². The van der Waals surface area contributed by atoms with E-state index in [1.54, 1.807) is 20.8 Å². The van der Waals surface area contributed by atoms with Crippen molar-refractivity contribution in [1.29, 1.82) is 0 Å². The number of carbonyl (C=O) groups is 2. The van der Waals surface area contributed by atoms with Crippen LogP contribution in [0.25, 0.3) is 0 Å². The summed E-state index contributed by atoms with van der Waals surface area (Å²) in [4.78, 5) is 34.9. The van der Waals surface area contributed by atoms with Crippen molar-refractivity contribution in [3.8, 4) is 0 Å². The maximum absolute atomic E-state index is 12.6. The molecule has 0 saturated heterocycles. The predicted molar refractivity (Wildman–Crippen MR) is 115 cm³/mol. The molecule has 10 nitrogen and oxygen atoms in total. The number of nitrogens with zero attached hydrogens (tertiary/aromatic N) is 2. The molecular weight excluding hydrogens is 424 g/mol. The highest BCUT2D eigenvalue weighted by atomic mass is 32.2. The van der Waals surface area contributed by atoms with Crippen LogP contribution in [0.3, 0.4) is 0 Å². The van der Waals surface area contributed by atoms with Crippen LogP contribution in [0, 0.1) is 17.0 Å². The molecule has 0 saturated carbocycles. The summed E-state index contributed by atoms with van der Waals surface area (Å²) in [7, 11) is -3.72. The van der Waals surface area contributed by atoms with E-state index in [4.69, 9.17) is 0 Å². The largest absolute Gasteiger partial charge is 0.343 e. The van der Waals surface area contributed by atoms with Crippen LogP contribution in [0.15, 0.2) is 47.4 Å². The van der Waals surface area contributed by atoms with Gasteiger partial charge in [-0.3, -0.25) is 19.7 Å². The number of benzene rings is 2. The quantitative estimate of drug-likeness (QED) is 0.446. The standard InChI is InChI=1S/C20H24N4O6S/c1-4-23(5-2)31(29,30)17-8-6-7-15(11-17)20(26)21-13-19(25)22-16-10-9-14(3)18(12-16)24(27)28/h6-12H,4-5,13H2,1-3H3,(H,21,26)(H,22,25). The molecule has 2 amide bonds. The second kappa shape index (κ2) is 10.1. The first kappa shape index (κ1) is 24.0. The van der Waals surface area contributed by atoms with Crippen LogP contribution in [0.2, 0.25) is 0 Å². The number of nitro groups is 1. The summed E-state index contributed by atoms with van der Waals surface area (Å²) in [5.41, 5.74) is 0.639. The highest BCUT2D eigenvalue weighted by Gasteiger charge is 2.22. The molecule has 31 heavy (non-hydrogen) atoms. The molecule has 0 aliphatic rings. The van der Waals surface area contributed by atoms with E-state index >= 15 is 0 Å². The lowest BCUT2D eigenvalue weighted by molar-refractivity contribution is -0.385. The monoisotopic (exact) mass is 448 g/mol. The van der Waals surface area contributed by atoms with Crippen LogP contribution < -0.4 is 10.6 Å². The second-order valence-electron chi connectivity index (χ2n) is 6.61. The fourth-order valence-corrected chi connectivity index (χ4v) is 4.37. The van der Waals surface area contributed by atoms with Gasteiger partial charge in [-0.05, 0) is 31.2 Å². The first-order chi connectivity index (χ1) is 14.6. The van der Waals surface area contributed by atoms with Crippen molar-refractivity contribution in [1.82, 2.24) is 9.62 Å². The van der Waals surface area contributed by atoms with E-state index in [0.29, 0.717) is 18.7 Å². The number of hydrogen-bond donors (Lipinski definition) is 2. The zero-order valence-corrected chi connectivity index (χ0v) is 18.2. The van der Waals surface area contributed by atoms with Crippen molar-refractivity contribution >= 4 is 33.2 Å². The molecule has 0 heterocycles. The summed E-state index contributed by atoms with van der Waals surface area (Å²) in [6.45, 7) is 5.23. The van der Waals surface area contributed by atoms with Gasteiger partial charge in [0.05, 0.1) is 16.4 Å². The Morgan fingerprint density at radius 2 is 1.77 bits per heavy atom. The number of nitrogens with one attached hydrogen (secondary N) is 2. The number of rotatable bonds is 9. The van der Waals surface area contributed by atoms with E-state index in [1.165, 1.54) is 46.8 Å². The minimum absolute atomic E-state index is 0.0136. The maximum atomic E-state index is 12.6. The predicted octanol–water partition coefficient (Wildman–Crippen LogP) is 2.30. The molecule has 0 unspecified atom stereocenters. The minimum atomic E-state index is -3.72. The van der Waals surface area contributed by atoms with Crippen LogP contribution in [0.5, 0.6) is 0 Å². The average Bonchev–Trinajstić information content (AvgIpc) is 2.74. The van der Waals surface area contributed by atoms with Crippen LogP contribution >= 0.6 is 0 Å². The number of amides is 2. The van der Waals surface area contributed by atoms with Gasteiger partial charge in [-0.2, -0.15) is 4.31 Å². The first-order valence-electron chi connectivity index (χ1n) is 9.53. The van der Waals surface area contributed by atoms with E-state index in [-0.39, 0.29) is 21.8 Å². The summed E-state index contributed by atoms with van der Waals surface area (Å²) in [5, 5.41) is 15.9. The van der Waals surface area contributed by atoms with Crippen molar-refractivity contribution in [3.63, 3.8) is 0 Å². The smallest absolute Gasteiger partial charge is 0.274 e. The third-order valence-electron chi connectivity index (χ3n) is 4.54. The van der Waals surface area contributed by atoms with Crippen molar-refractivity contribution in [2.75, 3.05) is 25.0 Å². The molecule has 0 aromatic heterocycles. The number of nitro benzene ring substituents is 1. The zero-order chi connectivity index (χ0) is 23.2. The normalized spacial score (nSPS) is 11.2. The lowest BCUT2D eigenvalue weighted by Crippen LogP contribution is -2.33. The fraction of sp³-hybridized carbons (Fsp3) is 0.300. The molecular formula is C20H24N4O6S. The Morgan fingerprint density at radius 3 is 2.39 bits per heavy atom. The molecule has 166 valence electrons. The van der Waals surface area contributed by atoms with E-state index in [1.807, 2.05) is 0 Å². The van der Waals surface area contributed by atoms with Gasteiger partial charge in [0.15, 0.2) is 0 Å². The SMILES string of the molecule is CCN(CC)S(=O)(=O)c1cccc(C(=O)NCC(=O)Nc2ccc(C)c([N+](=O)[O-])c2)c1. The van der Waals surface area contributed by atoms with Gasteiger partial charge in [-0.25, -0.2) is 8.42 Å². The third-order valence-corrected chi connectivity index (χ3v) is 6.58. The Labute approximate surface area is 180 Å². The number of aryl methyl sites for hydroxylation is 1. The molecule has 2 aromatic carbocycles. The Bertz CT molecular complexity index is 1100. The third kappa shape index (κ3) is 5.86. The Morgan fingerprint density at radius 1 is 1.10 bits per heavy atom.